The van der Waals surface area contributed by atoms with Crippen molar-refractivity contribution < 1.29 is 5.11 Å². The third-order valence-corrected chi connectivity index (χ3v) is 4.84. The maximum absolute atomic E-state index is 8.75. The summed E-state index contributed by atoms with van der Waals surface area (Å²) in [6.07, 6.45) is 13.2. The summed E-state index contributed by atoms with van der Waals surface area (Å²) in [6, 6.07) is 0.382. The van der Waals surface area contributed by atoms with Gasteiger partial charge in [0, 0.05) is 18.4 Å². The van der Waals surface area contributed by atoms with Gasteiger partial charge in [0.25, 0.3) is 0 Å². The summed E-state index contributed by atoms with van der Waals surface area (Å²) in [7, 11) is 0. The summed E-state index contributed by atoms with van der Waals surface area (Å²) in [6.45, 7) is 16.5. The second kappa shape index (κ2) is 14.8. The highest BCUT2D eigenvalue weighted by Crippen LogP contribution is 2.26. The van der Waals surface area contributed by atoms with Crippen LogP contribution in [0.15, 0.2) is 18.0 Å². The van der Waals surface area contributed by atoms with Crippen LogP contribution in [-0.4, -0.2) is 34.3 Å². The summed E-state index contributed by atoms with van der Waals surface area (Å²) in [4.78, 5) is 8.50. The molecule has 0 amide bonds. The summed E-state index contributed by atoms with van der Waals surface area (Å²) in [5, 5.41) is 12.0. The molecule has 0 aliphatic carbocycles. The van der Waals surface area contributed by atoms with Crippen LogP contribution in [0.3, 0.4) is 0 Å². The van der Waals surface area contributed by atoms with Gasteiger partial charge in [-0.2, -0.15) is 0 Å². The van der Waals surface area contributed by atoms with Crippen molar-refractivity contribution in [2.75, 3.05) is 13.2 Å². The minimum Gasteiger partial charge on any atom is -0.395 e. The Balaban J connectivity index is 0.000000444. The number of rotatable bonds is 3. The molecule has 156 valence electrons. The molecule has 1 saturated heterocycles. The molecule has 2 heterocycles. The van der Waals surface area contributed by atoms with E-state index in [1.807, 2.05) is 6.92 Å². The predicted molar refractivity (Wildman–Crippen MR) is 118 cm³/mol. The zero-order valence-electron chi connectivity index (χ0n) is 18.8. The van der Waals surface area contributed by atoms with E-state index < -0.39 is 0 Å². The Morgan fingerprint density at radius 3 is 2.30 bits per heavy atom. The van der Waals surface area contributed by atoms with E-state index in [0.717, 1.165) is 24.4 Å². The third kappa shape index (κ3) is 12.7. The van der Waals surface area contributed by atoms with Crippen LogP contribution in [0.4, 0.5) is 0 Å². The van der Waals surface area contributed by atoms with E-state index in [-0.39, 0.29) is 5.41 Å². The molecule has 0 saturated carbocycles. The molecule has 1 fully saturated rings. The van der Waals surface area contributed by atoms with E-state index in [4.69, 9.17) is 5.11 Å². The second-order valence-electron chi connectivity index (χ2n) is 8.29. The highest BCUT2D eigenvalue weighted by molar-refractivity contribution is 5.51. The van der Waals surface area contributed by atoms with Gasteiger partial charge in [-0.05, 0) is 44.7 Å². The van der Waals surface area contributed by atoms with E-state index in [2.05, 4.69) is 62.9 Å². The number of aromatic nitrogens is 2. The molecule has 0 radical (unpaired) electrons. The Bertz CT molecular complexity index is 511. The molecule has 1 aromatic heterocycles. The fourth-order valence-corrected chi connectivity index (χ4v) is 2.24. The molecule has 1 aliphatic rings. The summed E-state index contributed by atoms with van der Waals surface area (Å²) < 4.78 is 0. The van der Waals surface area contributed by atoms with Gasteiger partial charge in [-0.25, -0.2) is 0 Å². The lowest BCUT2D eigenvalue weighted by Crippen LogP contribution is -2.31. The van der Waals surface area contributed by atoms with Crippen LogP contribution < -0.4 is 5.32 Å². The fraction of sp³-hybridized carbons (Fsp3) is 0.739. The van der Waals surface area contributed by atoms with Gasteiger partial charge in [-0.15, -0.1) is 0 Å². The SMILES string of the molecule is C/C(=C\c1nccnc1C)C(C)(C)C.CCCC.OCC1CCCCCN1. The standard InChI is InChI=1S/C12H18N2.C7H15NO.C4H10/c1-9(12(3,4)5)8-11-10(2)13-6-7-14-11;9-6-7-4-2-1-3-5-8-7;1-3-4-2/h6-8H,1-5H3;7-9H,1-6H2;3-4H2,1-2H3/b9-8+;;. The molecule has 2 rings (SSSR count). The van der Waals surface area contributed by atoms with Crippen LogP contribution in [0.1, 0.15) is 91.5 Å². The first-order chi connectivity index (χ1) is 12.8. The van der Waals surface area contributed by atoms with Crippen LogP contribution >= 0.6 is 0 Å². The van der Waals surface area contributed by atoms with Crippen molar-refractivity contribution in [2.24, 2.45) is 5.41 Å². The topological polar surface area (TPSA) is 58.0 Å². The number of nitrogens with zero attached hydrogens (tertiary/aromatic N) is 2. The van der Waals surface area contributed by atoms with Gasteiger partial charge in [0.1, 0.15) is 0 Å². The lowest BCUT2D eigenvalue weighted by atomic mass is 9.87. The molecule has 27 heavy (non-hydrogen) atoms. The molecule has 0 spiro atoms. The van der Waals surface area contributed by atoms with Crippen molar-refractivity contribution in [3.8, 4) is 0 Å². The number of hydrogen-bond donors (Lipinski definition) is 2. The van der Waals surface area contributed by atoms with E-state index in [9.17, 15) is 0 Å². The fourth-order valence-electron chi connectivity index (χ4n) is 2.24. The van der Waals surface area contributed by atoms with Crippen LogP contribution in [0.2, 0.25) is 0 Å². The van der Waals surface area contributed by atoms with Gasteiger partial charge in [-0.1, -0.05) is 65.9 Å². The minimum atomic E-state index is 0.198. The van der Waals surface area contributed by atoms with Crippen molar-refractivity contribution in [2.45, 2.75) is 93.0 Å². The molecule has 1 aliphatic heterocycles. The molecule has 2 N–H and O–H groups in total. The van der Waals surface area contributed by atoms with Crippen LogP contribution in [0, 0.1) is 12.3 Å². The lowest BCUT2D eigenvalue weighted by Gasteiger charge is -2.19. The number of hydrogen-bond acceptors (Lipinski definition) is 4. The minimum absolute atomic E-state index is 0.198. The number of nitrogens with one attached hydrogen (secondary N) is 1. The predicted octanol–water partition coefficient (Wildman–Crippen LogP) is 5.55. The average molecular weight is 378 g/mol. The molecule has 0 bridgehead atoms. The summed E-state index contributed by atoms with van der Waals surface area (Å²) >= 11 is 0. The van der Waals surface area contributed by atoms with E-state index >= 15 is 0 Å². The molecule has 1 unspecified atom stereocenters. The molecule has 1 aromatic rings. The maximum Gasteiger partial charge on any atom is 0.0841 e. The number of aryl methyl sites for hydroxylation is 1. The van der Waals surface area contributed by atoms with Crippen LogP contribution in [-0.2, 0) is 0 Å². The van der Waals surface area contributed by atoms with Crippen molar-refractivity contribution in [3.05, 3.63) is 29.4 Å². The van der Waals surface area contributed by atoms with Crippen molar-refractivity contribution in [3.63, 3.8) is 0 Å². The summed E-state index contributed by atoms with van der Waals surface area (Å²) in [5.41, 5.74) is 3.47. The molecular weight excluding hydrogens is 334 g/mol. The maximum atomic E-state index is 8.75. The van der Waals surface area contributed by atoms with Gasteiger partial charge in [0.2, 0.25) is 0 Å². The molecular formula is C23H43N3O. The van der Waals surface area contributed by atoms with Crippen LogP contribution in [0.5, 0.6) is 0 Å². The van der Waals surface area contributed by atoms with Gasteiger partial charge in [0.15, 0.2) is 0 Å². The largest absolute Gasteiger partial charge is 0.395 e. The smallest absolute Gasteiger partial charge is 0.0841 e. The quantitative estimate of drug-likeness (QED) is 0.725. The Hall–Kier alpha value is -1.26. The zero-order chi connectivity index (χ0) is 20.7. The second-order valence-corrected chi connectivity index (χ2v) is 8.29. The van der Waals surface area contributed by atoms with Crippen molar-refractivity contribution in [1.29, 1.82) is 0 Å². The van der Waals surface area contributed by atoms with Gasteiger partial charge < -0.3 is 10.4 Å². The molecule has 1 atom stereocenters. The zero-order valence-corrected chi connectivity index (χ0v) is 18.8. The van der Waals surface area contributed by atoms with E-state index in [1.165, 1.54) is 37.7 Å². The molecule has 4 heteroatoms. The summed E-state index contributed by atoms with van der Waals surface area (Å²) in [5.74, 6) is 0. The highest BCUT2D eigenvalue weighted by Gasteiger charge is 2.13. The first kappa shape index (κ1) is 25.7. The Kier molecular flexibility index (Phi) is 14.1. The highest BCUT2D eigenvalue weighted by atomic mass is 16.3. The van der Waals surface area contributed by atoms with Gasteiger partial charge in [-0.3, -0.25) is 9.97 Å². The lowest BCUT2D eigenvalue weighted by molar-refractivity contribution is 0.240. The monoisotopic (exact) mass is 377 g/mol. The third-order valence-electron chi connectivity index (χ3n) is 4.84. The van der Waals surface area contributed by atoms with E-state index in [0.29, 0.717) is 12.6 Å². The van der Waals surface area contributed by atoms with Crippen molar-refractivity contribution >= 4 is 6.08 Å². The molecule has 0 aromatic carbocycles. The Morgan fingerprint density at radius 2 is 1.78 bits per heavy atom. The average Bonchev–Trinajstić information content (AvgIpc) is 2.92. The number of allylic oxidation sites excluding steroid dienone is 1. The van der Waals surface area contributed by atoms with Gasteiger partial charge >= 0.3 is 0 Å². The molecule has 4 nitrogen and oxygen atoms in total. The van der Waals surface area contributed by atoms with E-state index in [1.54, 1.807) is 12.4 Å². The van der Waals surface area contributed by atoms with Crippen LogP contribution in [0.25, 0.3) is 6.08 Å². The number of aliphatic hydroxyl groups is 1. The first-order valence-corrected chi connectivity index (χ1v) is 10.6. The first-order valence-electron chi connectivity index (χ1n) is 10.6. The van der Waals surface area contributed by atoms with Crippen molar-refractivity contribution in [1.82, 2.24) is 15.3 Å². The Labute approximate surface area is 167 Å². The Morgan fingerprint density at radius 1 is 1.15 bits per heavy atom. The normalized spacial score (nSPS) is 17.8. The van der Waals surface area contributed by atoms with Gasteiger partial charge in [0.05, 0.1) is 18.0 Å². The number of unbranched alkanes of at least 4 members (excludes halogenated alkanes) is 1. The number of aliphatic hydroxyl groups excluding tert-OH is 1.